The lowest BCUT2D eigenvalue weighted by atomic mass is 10.1. The summed E-state index contributed by atoms with van der Waals surface area (Å²) in [5.41, 5.74) is 0. The minimum Gasteiger partial charge on any atom is -0.394 e. The van der Waals surface area contributed by atoms with Crippen LogP contribution in [0.2, 0.25) is 0 Å². The van der Waals surface area contributed by atoms with Crippen molar-refractivity contribution in [3.05, 3.63) is 24.3 Å². The molecule has 0 aliphatic carbocycles. The molecule has 3 nitrogen and oxygen atoms in total. The molecule has 0 heterocycles. The molecular formula is C47H92O3. The van der Waals surface area contributed by atoms with E-state index < -0.39 is 0 Å². The largest absolute Gasteiger partial charge is 0.394 e. The summed E-state index contributed by atoms with van der Waals surface area (Å²) in [7, 11) is 0. The van der Waals surface area contributed by atoms with E-state index in [0.717, 1.165) is 26.1 Å². The van der Waals surface area contributed by atoms with Gasteiger partial charge in [0.25, 0.3) is 0 Å². The molecule has 1 atom stereocenters. The highest BCUT2D eigenvalue weighted by Gasteiger charge is 2.07. The minimum absolute atomic E-state index is 0.0609. The van der Waals surface area contributed by atoms with Gasteiger partial charge in [0, 0.05) is 13.2 Å². The molecule has 0 aliphatic rings. The van der Waals surface area contributed by atoms with E-state index >= 15 is 0 Å². The number of aliphatic hydroxyl groups excluding tert-OH is 1. The number of aliphatic hydroxyl groups is 1. The third-order valence-corrected chi connectivity index (χ3v) is 10.3. The van der Waals surface area contributed by atoms with Crippen LogP contribution in [0.5, 0.6) is 0 Å². The summed E-state index contributed by atoms with van der Waals surface area (Å²) in [6.45, 7) is 6.71. The Kier molecular flexibility index (Phi) is 45.8. The fraction of sp³-hybridized carbons (Fsp3) is 0.915. The molecule has 1 unspecified atom stereocenters. The number of rotatable bonds is 44. The van der Waals surface area contributed by atoms with Gasteiger partial charge in [-0.2, -0.15) is 0 Å². The van der Waals surface area contributed by atoms with Crippen LogP contribution in [0.25, 0.3) is 0 Å². The molecule has 298 valence electrons. The molecule has 3 heteroatoms. The molecule has 1 N–H and O–H groups in total. The van der Waals surface area contributed by atoms with Crippen molar-refractivity contribution in [3.63, 3.8) is 0 Å². The smallest absolute Gasteiger partial charge is 0.104 e. The maximum atomic E-state index is 9.65. The Hall–Kier alpha value is -0.640. The van der Waals surface area contributed by atoms with Crippen LogP contribution in [0, 0.1) is 0 Å². The number of ether oxygens (including phenoxy) is 2. The van der Waals surface area contributed by atoms with Crippen molar-refractivity contribution in [3.8, 4) is 0 Å². The van der Waals surface area contributed by atoms with Crippen molar-refractivity contribution >= 4 is 0 Å². The zero-order valence-electron chi connectivity index (χ0n) is 34.4. The first-order chi connectivity index (χ1) is 24.8. The Labute approximate surface area is 315 Å². The highest BCUT2D eigenvalue weighted by Crippen LogP contribution is 2.14. The number of unbranched alkanes of at least 4 members (excludes halogenated alkanes) is 32. The molecule has 0 saturated carbocycles. The van der Waals surface area contributed by atoms with Crippen molar-refractivity contribution in [1.82, 2.24) is 0 Å². The summed E-state index contributed by atoms with van der Waals surface area (Å²) in [5, 5.41) is 9.65. The lowest BCUT2D eigenvalue weighted by Crippen LogP contribution is -2.24. The van der Waals surface area contributed by atoms with Crippen LogP contribution in [0.4, 0.5) is 0 Å². The first-order valence-electron chi connectivity index (χ1n) is 22.9. The second-order valence-corrected chi connectivity index (χ2v) is 15.5. The van der Waals surface area contributed by atoms with Gasteiger partial charge >= 0.3 is 0 Å². The topological polar surface area (TPSA) is 38.7 Å². The first kappa shape index (κ1) is 49.4. The number of allylic oxidation sites excluding steroid dienone is 4. The fourth-order valence-corrected chi connectivity index (χ4v) is 6.83. The number of hydrogen-bond acceptors (Lipinski definition) is 3. The predicted molar refractivity (Wildman–Crippen MR) is 223 cm³/mol. The molecule has 0 aromatic carbocycles. The van der Waals surface area contributed by atoms with Crippen LogP contribution in [0.3, 0.4) is 0 Å². The summed E-state index contributed by atoms with van der Waals surface area (Å²) in [5.74, 6) is 0. The van der Waals surface area contributed by atoms with Crippen LogP contribution >= 0.6 is 0 Å². The summed E-state index contributed by atoms with van der Waals surface area (Å²) in [4.78, 5) is 0. The normalized spacial score (nSPS) is 12.6. The number of hydrogen-bond donors (Lipinski definition) is 1. The second-order valence-electron chi connectivity index (χ2n) is 15.5. The Balaban J connectivity index is 3.28. The standard InChI is InChI=1S/C47H92O3/c1-3-5-7-9-11-13-15-17-19-21-23-25-27-29-31-33-35-37-39-41-43-49-46-47(45-48)50-44-42-40-38-36-34-32-30-28-26-24-22-20-18-16-14-12-10-8-6-4-2/h17-20,47-48H,3-16,21-46H2,1-2H3/b19-17-,20-18-. The summed E-state index contributed by atoms with van der Waals surface area (Å²) < 4.78 is 11.7. The van der Waals surface area contributed by atoms with E-state index in [9.17, 15) is 5.11 Å². The highest BCUT2D eigenvalue weighted by molar-refractivity contribution is 4.82. The molecule has 0 aliphatic heterocycles. The van der Waals surface area contributed by atoms with E-state index in [4.69, 9.17) is 9.47 Å². The van der Waals surface area contributed by atoms with Crippen molar-refractivity contribution in [2.75, 3.05) is 26.4 Å². The molecule has 50 heavy (non-hydrogen) atoms. The van der Waals surface area contributed by atoms with Crippen LogP contribution in [0.1, 0.15) is 245 Å². The molecule has 0 radical (unpaired) electrons. The van der Waals surface area contributed by atoms with Gasteiger partial charge in [-0.15, -0.1) is 0 Å². The molecule has 0 saturated heterocycles. The summed E-state index contributed by atoms with van der Waals surface area (Å²) >= 11 is 0. The molecule has 0 fully saturated rings. The third kappa shape index (κ3) is 43.5. The van der Waals surface area contributed by atoms with E-state index in [1.165, 1.54) is 218 Å². The maximum Gasteiger partial charge on any atom is 0.104 e. The van der Waals surface area contributed by atoms with Crippen LogP contribution in [-0.2, 0) is 9.47 Å². The zero-order valence-corrected chi connectivity index (χ0v) is 34.4. The average Bonchev–Trinajstić information content (AvgIpc) is 3.13. The summed E-state index contributed by atoms with van der Waals surface area (Å²) in [6.07, 6.45) is 58.3. The molecule has 0 amide bonds. The molecular weight excluding hydrogens is 613 g/mol. The van der Waals surface area contributed by atoms with E-state index in [0.29, 0.717) is 6.61 Å². The Morgan fingerprint density at radius 3 is 0.960 bits per heavy atom. The highest BCUT2D eigenvalue weighted by atomic mass is 16.5. The van der Waals surface area contributed by atoms with Gasteiger partial charge in [0.2, 0.25) is 0 Å². The van der Waals surface area contributed by atoms with E-state index in [-0.39, 0.29) is 12.7 Å². The van der Waals surface area contributed by atoms with Gasteiger partial charge in [-0.1, -0.05) is 205 Å². The van der Waals surface area contributed by atoms with Crippen molar-refractivity contribution < 1.29 is 14.6 Å². The van der Waals surface area contributed by atoms with Crippen molar-refractivity contribution in [1.29, 1.82) is 0 Å². The van der Waals surface area contributed by atoms with E-state index in [1.807, 2.05) is 0 Å². The predicted octanol–water partition coefficient (Wildman–Crippen LogP) is 15.6. The van der Waals surface area contributed by atoms with Crippen LogP contribution in [-0.4, -0.2) is 37.6 Å². The van der Waals surface area contributed by atoms with Gasteiger partial charge in [-0.25, -0.2) is 0 Å². The first-order valence-corrected chi connectivity index (χ1v) is 22.9. The molecule has 0 rings (SSSR count). The third-order valence-electron chi connectivity index (χ3n) is 10.3. The average molecular weight is 705 g/mol. The van der Waals surface area contributed by atoms with Gasteiger partial charge in [-0.3, -0.25) is 0 Å². The van der Waals surface area contributed by atoms with Gasteiger partial charge < -0.3 is 14.6 Å². The van der Waals surface area contributed by atoms with Gasteiger partial charge in [0.15, 0.2) is 0 Å². The second kappa shape index (κ2) is 46.4. The van der Waals surface area contributed by atoms with Crippen molar-refractivity contribution in [2.45, 2.75) is 251 Å². The SMILES string of the molecule is CCCCCCCC/C=C\CCCCCCCCCCCCOCC(CO)OCCCCCCCCCCCC/C=C\CCCCCCCC. The van der Waals surface area contributed by atoms with Gasteiger partial charge in [0.05, 0.1) is 13.2 Å². The quantitative estimate of drug-likeness (QED) is 0.0507. The maximum absolute atomic E-state index is 9.65. The van der Waals surface area contributed by atoms with Crippen molar-refractivity contribution in [2.24, 2.45) is 0 Å². The fourth-order valence-electron chi connectivity index (χ4n) is 6.83. The Morgan fingerprint density at radius 1 is 0.360 bits per heavy atom. The van der Waals surface area contributed by atoms with Crippen LogP contribution in [0.15, 0.2) is 24.3 Å². The van der Waals surface area contributed by atoms with E-state index in [2.05, 4.69) is 38.2 Å². The van der Waals surface area contributed by atoms with Gasteiger partial charge in [0.1, 0.15) is 6.10 Å². The molecule has 0 spiro atoms. The Bertz CT molecular complexity index is 644. The van der Waals surface area contributed by atoms with E-state index in [1.54, 1.807) is 0 Å². The molecule has 0 aromatic rings. The lowest BCUT2D eigenvalue weighted by Gasteiger charge is -2.15. The lowest BCUT2D eigenvalue weighted by molar-refractivity contribution is -0.0437. The molecule has 0 bridgehead atoms. The van der Waals surface area contributed by atoms with Crippen LogP contribution < -0.4 is 0 Å². The monoisotopic (exact) mass is 705 g/mol. The molecule has 0 aromatic heterocycles. The van der Waals surface area contributed by atoms with Gasteiger partial charge in [-0.05, 0) is 64.2 Å². The summed E-state index contributed by atoms with van der Waals surface area (Å²) in [6, 6.07) is 0. The Morgan fingerprint density at radius 2 is 0.640 bits per heavy atom. The zero-order chi connectivity index (χ0) is 36.1. The minimum atomic E-state index is -0.160.